The van der Waals surface area contributed by atoms with E-state index < -0.39 is 18.0 Å². The summed E-state index contributed by atoms with van der Waals surface area (Å²) < 4.78 is 20.7. The van der Waals surface area contributed by atoms with Gasteiger partial charge in [-0.15, -0.1) is 0 Å². The van der Waals surface area contributed by atoms with Crippen LogP contribution in [0, 0.1) is 11.2 Å². The third kappa shape index (κ3) is 6.55. The Bertz CT molecular complexity index is 1100. The second-order valence-corrected chi connectivity index (χ2v) is 12.0. The Morgan fingerprint density at radius 1 is 1.33 bits per heavy atom. The van der Waals surface area contributed by atoms with E-state index in [-0.39, 0.29) is 35.9 Å². The molecule has 1 aromatic heterocycles. The average Bonchev–Trinajstić information content (AvgIpc) is 2.76. The number of halogens is 2. The van der Waals surface area contributed by atoms with Crippen LogP contribution in [0.3, 0.4) is 0 Å². The highest BCUT2D eigenvalue weighted by molar-refractivity contribution is 6.30. The number of carbonyl (C=O) groups is 1. The first-order valence-corrected chi connectivity index (χ1v) is 13.1. The molecule has 8 heteroatoms. The van der Waals surface area contributed by atoms with Crippen LogP contribution in [0.15, 0.2) is 30.5 Å². The SMILES string of the molecule is CC(=O)N[C@@H](Cc1cc(Cl)ccc1F)[C@H](O)CN[C@H]1CC2(CCC2)Oc2ncc(CC(C)(C)C)cc21. The maximum atomic E-state index is 14.4. The van der Waals surface area contributed by atoms with Crippen LogP contribution < -0.4 is 15.4 Å². The van der Waals surface area contributed by atoms with Crippen LogP contribution in [0.5, 0.6) is 5.88 Å². The number of benzene rings is 1. The summed E-state index contributed by atoms with van der Waals surface area (Å²) in [6, 6.07) is 5.75. The van der Waals surface area contributed by atoms with E-state index in [1.54, 1.807) is 0 Å². The van der Waals surface area contributed by atoms with Gasteiger partial charge >= 0.3 is 0 Å². The molecule has 196 valence electrons. The van der Waals surface area contributed by atoms with Crippen molar-refractivity contribution < 1.29 is 19.0 Å². The number of aliphatic hydroxyl groups is 1. The van der Waals surface area contributed by atoms with Gasteiger partial charge in [0.25, 0.3) is 0 Å². The highest BCUT2D eigenvalue weighted by Gasteiger charge is 2.46. The molecule has 2 heterocycles. The van der Waals surface area contributed by atoms with Gasteiger partial charge in [0.2, 0.25) is 11.8 Å². The number of fused-ring (bicyclic) bond motifs is 1. The zero-order chi connectivity index (χ0) is 26.1. The highest BCUT2D eigenvalue weighted by Crippen LogP contribution is 2.48. The number of hydrogen-bond donors (Lipinski definition) is 3. The maximum absolute atomic E-state index is 14.4. The van der Waals surface area contributed by atoms with Gasteiger partial charge in [0.15, 0.2) is 0 Å². The van der Waals surface area contributed by atoms with Crippen LogP contribution in [0.1, 0.15) is 76.1 Å². The van der Waals surface area contributed by atoms with Crippen molar-refractivity contribution in [3.05, 3.63) is 58.0 Å². The second-order valence-electron chi connectivity index (χ2n) is 11.6. The van der Waals surface area contributed by atoms with E-state index >= 15 is 0 Å². The first-order valence-electron chi connectivity index (χ1n) is 12.7. The van der Waals surface area contributed by atoms with E-state index in [0.717, 1.165) is 43.2 Å². The summed E-state index contributed by atoms with van der Waals surface area (Å²) in [5, 5.41) is 17.8. The molecular weight excluding hydrogens is 481 g/mol. The molecule has 2 aromatic rings. The van der Waals surface area contributed by atoms with Gasteiger partial charge in [-0.3, -0.25) is 4.79 Å². The van der Waals surface area contributed by atoms with Gasteiger partial charge in [-0.1, -0.05) is 32.4 Å². The van der Waals surface area contributed by atoms with Crippen molar-refractivity contribution in [3.63, 3.8) is 0 Å². The zero-order valence-electron chi connectivity index (χ0n) is 21.5. The number of rotatable bonds is 8. The van der Waals surface area contributed by atoms with E-state index in [1.165, 1.54) is 25.1 Å². The van der Waals surface area contributed by atoms with E-state index in [9.17, 15) is 14.3 Å². The number of carbonyl (C=O) groups excluding carboxylic acids is 1. The van der Waals surface area contributed by atoms with Gasteiger partial charge in [-0.2, -0.15) is 0 Å². The first kappa shape index (κ1) is 26.8. The fraction of sp³-hybridized carbons (Fsp3) is 0.571. The predicted molar refractivity (Wildman–Crippen MR) is 139 cm³/mol. The summed E-state index contributed by atoms with van der Waals surface area (Å²) in [5.74, 6) is -0.0509. The molecule has 6 nitrogen and oxygen atoms in total. The predicted octanol–water partition coefficient (Wildman–Crippen LogP) is 4.91. The van der Waals surface area contributed by atoms with E-state index in [4.69, 9.17) is 16.3 Å². The van der Waals surface area contributed by atoms with Crippen LogP contribution in [0.25, 0.3) is 0 Å². The molecule has 3 N–H and O–H groups in total. The van der Waals surface area contributed by atoms with Crippen LogP contribution in [0.4, 0.5) is 4.39 Å². The molecule has 0 saturated heterocycles. The Balaban J connectivity index is 1.52. The number of aliphatic hydroxyl groups excluding tert-OH is 1. The summed E-state index contributed by atoms with van der Waals surface area (Å²) in [6.45, 7) is 8.20. The van der Waals surface area contributed by atoms with Crippen molar-refractivity contribution in [2.45, 2.75) is 90.0 Å². The number of nitrogens with zero attached hydrogens (tertiary/aromatic N) is 1. The molecule has 0 radical (unpaired) electrons. The number of amides is 1. The molecule has 0 bridgehead atoms. The van der Waals surface area contributed by atoms with Crippen molar-refractivity contribution in [1.82, 2.24) is 15.6 Å². The summed E-state index contributed by atoms with van der Waals surface area (Å²) in [5.41, 5.74) is 2.41. The maximum Gasteiger partial charge on any atom is 0.218 e. The van der Waals surface area contributed by atoms with E-state index in [2.05, 4.69) is 42.5 Å². The monoisotopic (exact) mass is 517 g/mol. The Morgan fingerprint density at radius 3 is 2.72 bits per heavy atom. The lowest BCUT2D eigenvalue weighted by Gasteiger charge is -2.47. The molecule has 36 heavy (non-hydrogen) atoms. The Kier molecular flexibility index (Phi) is 7.93. The third-order valence-corrected chi connectivity index (χ3v) is 7.31. The Hall–Kier alpha value is -2.22. The fourth-order valence-electron chi connectivity index (χ4n) is 5.23. The standard InChI is InChI=1S/C28H37ClFN3O3/c1-17(34)33-23(12-19-11-20(29)6-7-22(19)30)25(35)16-31-24-14-28(8-5-9-28)36-26-21(24)10-18(15-32-26)13-27(2,3)4/h6-7,10-11,15,23-25,31,35H,5,8-9,12-14,16H2,1-4H3,(H,33,34)/t23-,24-,25+/m0/s1. The normalized spacial score (nSPS) is 20.1. The quantitative estimate of drug-likeness (QED) is 0.463. The van der Waals surface area contributed by atoms with Gasteiger partial charge in [0, 0.05) is 42.7 Å². The molecule has 4 rings (SSSR count). The van der Waals surface area contributed by atoms with Crippen molar-refractivity contribution in [1.29, 1.82) is 0 Å². The first-order chi connectivity index (χ1) is 16.9. The van der Waals surface area contributed by atoms with Crippen molar-refractivity contribution in [3.8, 4) is 5.88 Å². The molecule has 1 spiro atoms. The largest absolute Gasteiger partial charge is 0.471 e. The number of pyridine rings is 1. The topological polar surface area (TPSA) is 83.5 Å². The van der Waals surface area contributed by atoms with E-state index in [0.29, 0.717) is 16.5 Å². The van der Waals surface area contributed by atoms with Crippen LogP contribution in [-0.2, 0) is 17.6 Å². The molecule has 1 amide bonds. The van der Waals surface area contributed by atoms with Crippen LogP contribution in [0.2, 0.25) is 5.02 Å². The molecule has 3 atom stereocenters. The smallest absolute Gasteiger partial charge is 0.218 e. The average molecular weight is 518 g/mol. The fourth-order valence-corrected chi connectivity index (χ4v) is 5.43. The summed E-state index contributed by atoms with van der Waals surface area (Å²) in [7, 11) is 0. The van der Waals surface area contributed by atoms with Crippen molar-refractivity contribution in [2.24, 2.45) is 5.41 Å². The minimum Gasteiger partial charge on any atom is -0.471 e. The van der Waals surface area contributed by atoms with Gasteiger partial charge in [0.05, 0.1) is 12.1 Å². The highest BCUT2D eigenvalue weighted by atomic mass is 35.5. The summed E-state index contributed by atoms with van der Waals surface area (Å²) in [4.78, 5) is 16.5. The Morgan fingerprint density at radius 2 is 2.08 bits per heavy atom. The molecule has 2 aliphatic rings. The molecular formula is C28H37ClFN3O3. The van der Waals surface area contributed by atoms with Gasteiger partial charge in [0.1, 0.15) is 11.4 Å². The number of aromatic nitrogens is 1. The second kappa shape index (κ2) is 10.6. The van der Waals surface area contributed by atoms with Gasteiger partial charge in [-0.05, 0) is 72.9 Å². The lowest BCUT2D eigenvalue weighted by atomic mass is 9.73. The molecule has 1 aliphatic carbocycles. The molecule has 0 unspecified atom stereocenters. The molecule has 1 aromatic carbocycles. The third-order valence-electron chi connectivity index (χ3n) is 7.07. The molecule has 1 fully saturated rings. The van der Waals surface area contributed by atoms with Gasteiger partial charge < -0.3 is 20.5 Å². The Labute approximate surface area is 218 Å². The zero-order valence-corrected chi connectivity index (χ0v) is 22.3. The lowest BCUT2D eigenvalue weighted by molar-refractivity contribution is -0.120. The van der Waals surface area contributed by atoms with E-state index in [1.807, 2.05) is 6.20 Å². The van der Waals surface area contributed by atoms with Gasteiger partial charge in [-0.25, -0.2) is 9.37 Å². The summed E-state index contributed by atoms with van der Waals surface area (Å²) in [6.07, 6.45) is 5.87. The molecule has 1 saturated carbocycles. The number of hydrogen-bond acceptors (Lipinski definition) is 5. The van der Waals surface area contributed by atoms with Crippen molar-refractivity contribution in [2.75, 3.05) is 6.54 Å². The molecule has 1 aliphatic heterocycles. The minimum absolute atomic E-state index is 0.0444. The lowest BCUT2D eigenvalue weighted by Crippen LogP contribution is -2.52. The minimum atomic E-state index is -0.943. The number of ether oxygens (including phenoxy) is 1. The van der Waals surface area contributed by atoms with Crippen LogP contribution >= 0.6 is 11.6 Å². The number of nitrogens with one attached hydrogen (secondary N) is 2. The van der Waals surface area contributed by atoms with Crippen molar-refractivity contribution >= 4 is 17.5 Å². The summed E-state index contributed by atoms with van der Waals surface area (Å²) >= 11 is 6.05. The van der Waals surface area contributed by atoms with Crippen LogP contribution in [-0.4, -0.2) is 40.3 Å².